The molecule has 0 radical (unpaired) electrons. The topological polar surface area (TPSA) is 79.8 Å². The van der Waals surface area contributed by atoms with Gasteiger partial charge in [0.25, 0.3) is 0 Å². The Bertz CT molecular complexity index is 917. The van der Waals surface area contributed by atoms with Gasteiger partial charge < -0.3 is 10.6 Å². The minimum atomic E-state index is -0.430. The third kappa shape index (κ3) is 4.18. The lowest BCUT2D eigenvalue weighted by Crippen LogP contribution is -2.31. The van der Waals surface area contributed by atoms with Crippen molar-refractivity contribution in [3.63, 3.8) is 0 Å². The second-order valence-electron chi connectivity index (χ2n) is 5.80. The molecule has 1 atom stereocenters. The Kier molecular flexibility index (Phi) is 5.17. The molecule has 0 aliphatic rings. The molecule has 0 bridgehead atoms. The Balaban J connectivity index is 1.69. The number of aryl methyl sites for hydroxylation is 1. The number of benzene rings is 1. The number of pyridine rings is 1. The molecular formula is C19H18FN5O. The van der Waals surface area contributed by atoms with Crippen LogP contribution in [0.3, 0.4) is 0 Å². The first-order valence-electron chi connectivity index (χ1n) is 8.10. The van der Waals surface area contributed by atoms with Crippen LogP contribution in [0, 0.1) is 12.7 Å². The van der Waals surface area contributed by atoms with Gasteiger partial charge in [0.1, 0.15) is 5.82 Å². The normalized spacial score (nSPS) is 11.7. The highest BCUT2D eigenvalue weighted by Gasteiger charge is 2.14. The van der Waals surface area contributed by atoms with Crippen molar-refractivity contribution < 1.29 is 9.18 Å². The monoisotopic (exact) mass is 351 g/mol. The molecule has 2 N–H and O–H groups in total. The molecule has 2 heterocycles. The van der Waals surface area contributed by atoms with Gasteiger partial charge in [0.05, 0.1) is 6.04 Å². The quantitative estimate of drug-likeness (QED) is 0.748. The van der Waals surface area contributed by atoms with Gasteiger partial charge in [-0.25, -0.2) is 19.2 Å². The van der Waals surface area contributed by atoms with Gasteiger partial charge in [0.15, 0.2) is 5.82 Å². The number of hydrogen-bond donors (Lipinski definition) is 2. The van der Waals surface area contributed by atoms with Crippen molar-refractivity contribution in [1.82, 2.24) is 20.3 Å². The molecule has 0 saturated heterocycles. The van der Waals surface area contributed by atoms with E-state index in [9.17, 15) is 9.18 Å². The number of carbonyl (C=O) groups excluding carboxylic acids is 1. The summed E-state index contributed by atoms with van der Waals surface area (Å²) in [6, 6.07) is 8.65. The number of anilines is 1. The molecule has 0 aliphatic carbocycles. The Hall–Kier alpha value is -3.35. The lowest BCUT2D eigenvalue weighted by molar-refractivity contribution is 0.249. The molecular weight excluding hydrogens is 333 g/mol. The molecule has 0 spiro atoms. The molecule has 1 unspecified atom stereocenters. The maximum absolute atomic E-state index is 13.2. The first-order valence-corrected chi connectivity index (χ1v) is 8.10. The lowest BCUT2D eigenvalue weighted by atomic mass is 10.1. The first kappa shape index (κ1) is 17.5. The van der Waals surface area contributed by atoms with Crippen LogP contribution in [-0.2, 0) is 0 Å². The third-order valence-electron chi connectivity index (χ3n) is 3.85. The van der Waals surface area contributed by atoms with Crippen molar-refractivity contribution in [1.29, 1.82) is 0 Å². The standard InChI is InChI=1S/C19H18FN5O/c1-12-17(11-22-18(23-12)14-6-8-21-9-7-14)13(2)24-19(26)25-16-5-3-4-15(20)10-16/h3-11,13H,1-2H3,(H2,24,25,26). The summed E-state index contributed by atoms with van der Waals surface area (Å²) < 4.78 is 13.2. The average Bonchev–Trinajstić information content (AvgIpc) is 2.62. The maximum Gasteiger partial charge on any atom is 0.319 e. The van der Waals surface area contributed by atoms with Gasteiger partial charge in [0.2, 0.25) is 0 Å². The average molecular weight is 351 g/mol. The van der Waals surface area contributed by atoms with E-state index in [2.05, 4.69) is 25.6 Å². The molecule has 0 aliphatic heterocycles. The summed E-state index contributed by atoms with van der Waals surface area (Å²) in [4.78, 5) is 25.0. The fraction of sp³-hybridized carbons (Fsp3) is 0.158. The number of aromatic nitrogens is 3. The summed E-state index contributed by atoms with van der Waals surface area (Å²) in [5, 5.41) is 5.40. The van der Waals surface area contributed by atoms with Crippen molar-refractivity contribution >= 4 is 11.7 Å². The second kappa shape index (κ2) is 7.69. The van der Waals surface area contributed by atoms with Gasteiger partial charge in [-0.3, -0.25) is 4.98 Å². The highest BCUT2D eigenvalue weighted by Crippen LogP contribution is 2.19. The second-order valence-corrected chi connectivity index (χ2v) is 5.80. The van der Waals surface area contributed by atoms with Gasteiger partial charge in [-0.2, -0.15) is 0 Å². The van der Waals surface area contributed by atoms with E-state index in [1.165, 1.54) is 18.2 Å². The van der Waals surface area contributed by atoms with Crippen LogP contribution in [0.25, 0.3) is 11.4 Å². The molecule has 2 amide bonds. The van der Waals surface area contributed by atoms with Crippen LogP contribution in [0.4, 0.5) is 14.9 Å². The van der Waals surface area contributed by atoms with E-state index in [1.807, 2.05) is 26.0 Å². The number of carbonyl (C=O) groups is 1. The number of urea groups is 1. The van der Waals surface area contributed by atoms with Crippen LogP contribution in [0.15, 0.2) is 55.0 Å². The van der Waals surface area contributed by atoms with Gasteiger partial charge in [-0.05, 0) is 44.2 Å². The molecule has 7 heteroatoms. The van der Waals surface area contributed by atoms with Gasteiger partial charge >= 0.3 is 6.03 Å². The largest absolute Gasteiger partial charge is 0.331 e. The lowest BCUT2D eigenvalue weighted by Gasteiger charge is -2.17. The molecule has 3 rings (SSSR count). The van der Waals surface area contributed by atoms with Gasteiger partial charge in [0, 0.05) is 41.1 Å². The van der Waals surface area contributed by atoms with Crippen molar-refractivity contribution in [2.24, 2.45) is 0 Å². The van der Waals surface area contributed by atoms with Crippen molar-refractivity contribution in [3.8, 4) is 11.4 Å². The van der Waals surface area contributed by atoms with E-state index in [0.717, 1.165) is 16.8 Å². The van der Waals surface area contributed by atoms with Crippen LogP contribution in [0.2, 0.25) is 0 Å². The van der Waals surface area contributed by atoms with Crippen LogP contribution >= 0.6 is 0 Å². The van der Waals surface area contributed by atoms with E-state index in [-0.39, 0.29) is 6.04 Å². The van der Waals surface area contributed by atoms with E-state index < -0.39 is 11.8 Å². The zero-order valence-corrected chi connectivity index (χ0v) is 14.4. The van der Waals surface area contributed by atoms with Gasteiger partial charge in [-0.1, -0.05) is 6.07 Å². The van der Waals surface area contributed by atoms with Crippen molar-refractivity contribution in [2.45, 2.75) is 19.9 Å². The number of rotatable bonds is 4. The summed E-state index contributed by atoms with van der Waals surface area (Å²) in [5.74, 6) is 0.192. The summed E-state index contributed by atoms with van der Waals surface area (Å²) >= 11 is 0. The Morgan fingerprint density at radius 2 is 1.96 bits per heavy atom. The predicted octanol–water partition coefficient (Wildman–Crippen LogP) is 3.87. The highest BCUT2D eigenvalue weighted by atomic mass is 19.1. The van der Waals surface area contributed by atoms with Crippen LogP contribution in [0.5, 0.6) is 0 Å². The van der Waals surface area contributed by atoms with Crippen LogP contribution < -0.4 is 10.6 Å². The molecule has 2 aromatic heterocycles. The summed E-state index contributed by atoms with van der Waals surface area (Å²) in [7, 11) is 0. The SMILES string of the molecule is Cc1nc(-c2ccncc2)ncc1C(C)NC(=O)Nc1cccc(F)c1. The minimum Gasteiger partial charge on any atom is -0.331 e. The summed E-state index contributed by atoms with van der Waals surface area (Å²) in [6.45, 7) is 3.70. The fourth-order valence-electron chi connectivity index (χ4n) is 2.55. The Morgan fingerprint density at radius 3 is 2.65 bits per heavy atom. The van der Waals surface area contributed by atoms with E-state index >= 15 is 0 Å². The fourth-order valence-corrected chi connectivity index (χ4v) is 2.55. The number of nitrogens with zero attached hydrogens (tertiary/aromatic N) is 3. The molecule has 0 saturated carbocycles. The molecule has 132 valence electrons. The van der Waals surface area contributed by atoms with E-state index in [1.54, 1.807) is 24.7 Å². The van der Waals surface area contributed by atoms with Crippen LogP contribution in [-0.4, -0.2) is 21.0 Å². The molecule has 6 nitrogen and oxygen atoms in total. The Morgan fingerprint density at radius 1 is 1.19 bits per heavy atom. The van der Waals surface area contributed by atoms with E-state index in [4.69, 9.17) is 0 Å². The number of amides is 2. The predicted molar refractivity (Wildman–Crippen MR) is 97.0 cm³/mol. The zero-order valence-electron chi connectivity index (χ0n) is 14.4. The van der Waals surface area contributed by atoms with E-state index in [0.29, 0.717) is 11.5 Å². The number of nitrogens with one attached hydrogen (secondary N) is 2. The van der Waals surface area contributed by atoms with Gasteiger partial charge in [-0.15, -0.1) is 0 Å². The zero-order chi connectivity index (χ0) is 18.5. The number of hydrogen-bond acceptors (Lipinski definition) is 4. The minimum absolute atomic E-state index is 0.310. The summed E-state index contributed by atoms with van der Waals surface area (Å²) in [6.07, 6.45) is 5.07. The molecule has 3 aromatic rings. The molecule has 26 heavy (non-hydrogen) atoms. The van der Waals surface area contributed by atoms with Crippen LogP contribution in [0.1, 0.15) is 24.2 Å². The first-order chi connectivity index (χ1) is 12.5. The Labute approximate surface area is 150 Å². The molecule has 1 aromatic carbocycles. The highest BCUT2D eigenvalue weighted by molar-refractivity contribution is 5.89. The molecule has 0 fully saturated rings. The smallest absolute Gasteiger partial charge is 0.319 e. The summed E-state index contributed by atoms with van der Waals surface area (Å²) in [5.41, 5.74) is 2.83. The number of halogens is 1. The van der Waals surface area contributed by atoms with Crippen molar-refractivity contribution in [3.05, 3.63) is 72.1 Å². The third-order valence-corrected chi connectivity index (χ3v) is 3.85. The van der Waals surface area contributed by atoms with Crippen molar-refractivity contribution in [2.75, 3.05) is 5.32 Å². The maximum atomic E-state index is 13.2.